The number of nitrogens with zero attached hydrogens (tertiary/aromatic N) is 1. The van der Waals surface area contributed by atoms with Crippen LogP contribution in [0.3, 0.4) is 0 Å². The number of pyridine rings is 1. The maximum atomic E-state index is 5.18. The lowest BCUT2D eigenvalue weighted by molar-refractivity contribution is 0.411. The zero-order valence-corrected chi connectivity index (χ0v) is 8.37. The number of aromatic nitrogens is 1. The van der Waals surface area contributed by atoms with Crippen LogP contribution in [0.25, 0.3) is 6.08 Å². The summed E-state index contributed by atoms with van der Waals surface area (Å²) >= 11 is 0. The number of rotatable bonds is 3. The van der Waals surface area contributed by atoms with Crippen LogP contribution >= 0.6 is 0 Å². The molecule has 0 saturated heterocycles. The summed E-state index contributed by atoms with van der Waals surface area (Å²) < 4.78 is 5.18. The smallest absolute Gasteiger partial charge is 0.144 e. The molecule has 0 bridgehead atoms. The van der Waals surface area contributed by atoms with Crippen molar-refractivity contribution in [2.75, 3.05) is 7.11 Å². The Morgan fingerprint density at radius 2 is 2.31 bits per heavy atom. The number of ether oxygens (including phenoxy) is 1. The highest BCUT2D eigenvalue weighted by atomic mass is 16.5. The van der Waals surface area contributed by atoms with Gasteiger partial charge in [-0.25, -0.2) is 0 Å². The molecule has 0 atom stereocenters. The van der Waals surface area contributed by atoms with Crippen LogP contribution < -0.4 is 4.74 Å². The normalized spacial score (nSPS) is 10.7. The van der Waals surface area contributed by atoms with Gasteiger partial charge in [-0.2, -0.15) is 0 Å². The predicted molar refractivity (Wildman–Crippen MR) is 54.9 cm³/mol. The zero-order chi connectivity index (χ0) is 9.68. The summed E-state index contributed by atoms with van der Waals surface area (Å²) in [4.78, 5) is 4.16. The Morgan fingerprint density at radius 1 is 1.54 bits per heavy atom. The Hall–Kier alpha value is -1.31. The van der Waals surface area contributed by atoms with E-state index < -0.39 is 0 Å². The molecule has 2 heteroatoms. The van der Waals surface area contributed by atoms with E-state index in [2.05, 4.69) is 24.1 Å². The molecule has 0 unspecified atom stereocenters. The molecule has 70 valence electrons. The van der Waals surface area contributed by atoms with Crippen LogP contribution in [0.2, 0.25) is 0 Å². The van der Waals surface area contributed by atoms with Gasteiger partial charge in [-0.05, 0) is 19.4 Å². The van der Waals surface area contributed by atoms with Crippen molar-refractivity contribution in [1.29, 1.82) is 0 Å². The van der Waals surface area contributed by atoms with Gasteiger partial charge in [0.15, 0.2) is 0 Å². The van der Waals surface area contributed by atoms with Gasteiger partial charge in [-0.1, -0.05) is 19.1 Å². The molecule has 0 aliphatic carbocycles. The SMILES string of the molecule is CC/C=C/c1cc(C)ncc1OC. The van der Waals surface area contributed by atoms with E-state index in [4.69, 9.17) is 4.74 Å². The minimum atomic E-state index is 0.829. The van der Waals surface area contributed by atoms with Crippen LogP contribution in [0.5, 0.6) is 5.75 Å². The van der Waals surface area contributed by atoms with Crippen molar-refractivity contribution in [1.82, 2.24) is 4.98 Å². The molecule has 0 aliphatic heterocycles. The first-order valence-electron chi connectivity index (χ1n) is 4.45. The molecule has 0 N–H and O–H groups in total. The molecule has 0 fully saturated rings. The van der Waals surface area contributed by atoms with Crippen molar-refractivity contribution in [2.24, 2.45) is 0 Å². The number of allylic oxidation sites excluding steroid dienone is 1. The zero-order valence-electron chi connectivity index (χ0n) is 8.37. The summed E-state index contributed by atoms with van der Waals surface area (Å²) in [6.45, 7) is 4.08. The van der Waals surface area contributed by atoms with Gasteiger partial charge in [0.1, 0.15) is 5.75 Å². The van der Waals surface area contributed by atoms with E-state index in [-0.39, 0.29) is 0 Å². The first-order chi connectivity index (χ1) is 6.27. The van der Waals surface area contributed by atoms with Crippen molar-refractivity contribution >= 4 is 6.08 Å². The molecule has 0 amide bonds. The van der Waals surface area contributed by atoms with Gasteiger partial charge in [0.25, 0.3) is 0 Å². The monoisotopic (exact) mass is 177 g/mol. The van der Waals surface area contributed by atoms with E-state index >= 15 is 0 Å². The third-order valence-corrected chi connectivity index (χ3v) is 1.79. The van der Waals surface area contributed by atoms with E-state index in [9.17, 15) is 0 Å². The quantitative estimate of drug-likeness (QED) is 0.708. The number of hydrogen-bond donors (Lipinski definition) is 0. The van der Waals surface area contributed by atoms with Crippen molar-refractivity contribution in [3.8, 4) is 5.75 Å². The minimum Gasteiger partial charge on any atom is -0.495 e. The fraction of sp³-hybridized carbons (Fsp3) is 0.364. The lowest BCUT2D eigenvalue weighted by Gasteiger charge is -2.04. The molecule has 0 radical (unpaired) electrons. The molecular formula is C11H15NO. The van der Waals surface area contributed by atoms with Crippen molar-refractivity contribution in [3.05, 3.63) is 29.6 Å². The molecule has 1 rings (SSSR count). The maximum absolute atomic E-state index is 5.18. The van der Waals surface area contributed by atoms with Gasteiger partial charge >= 0.3 is 0 Å². The number of aryl methyl sites for hydroxylation is 1. The third kappa shape index (κ3) is 2.58. The molecule has 1 heterocycles. The van der Waals surface area contributed by atoms with Gasteiger partial charge in [0, 0.05) is 11.3 Å². The first-order valence-corrected chi connectivity index (χ1v) is 4.45. The fourth-order valence-electron chi connectivity index (χ4n) is 1.11. The summed E-state index contributed by atoms with van der Waals surface area (Å²) in [5.41, 5.74) is 2.11. The second-order valence-corrected chi connectivity index (χ2v) is 2.88. The van der Waals surface area contributed by atoms with Crippen LogP contribution in [0, 0.1) is 6.92 Å². The molecule has 1 aromatic heterocycles. The summed E-state index contributed by atoms with van der Waals surface area (Å²) in [7, 11) is 1.66. The summed E-state index contributed by atoms with van der Waals surface area (Å²) in [6, 6.07) is 2.02. The topological polar surface area (TPSA) is 22.1 Å². The van der Waals surface area contributed by atoms with Crippen molar-refractivity contribution < 1.29 is 4.74 Å². The third-order valence-electron chi connectivity index (χ3n) is 1.79. The highest BCUT2D eigenvalue weighted by Gasteiger charge is 1.99. The Balaban J connectivity index is 3.01. The lowest BCUT2D eigenvalue weighted by Crippen LogP contribution is -1.90. The molecule has 0 aromatic carbocycles. The lowest BCUT2D eigenvalue weighted by atomic mass is 10.2. The highest BCUT2D eigenvalue weighted by molar-refractivity contribution is 5.56. The van der Waals surface area contributed by atoms with Gasteiger partial charge < -0.3 is 4.74 Å². The van der Waals surface area contributed by atoms with E-state index in [1.807, 2.05) is 13.0 Å². The maximum Gasteiger partial charge on any atom is 0.144 e. The predicted octanol–water partition coefficient (Wildman–Crippen LogP) is 2.82. The first kappa shape index (κ1) is 9.78. The van der Waals surface area contributed by atoms with E-state index in [1.54, 1.807) is 13.3 Å². The molecule has 1 aromatic rings. The molecular weight excluding hydrogens is 162 g/mol. The van der Waals surface area contributed by atoms with Crippen LogP contribution in [-0.4, -0.2) is 12.1 Å². The standard InChI is InChI=1S/C11H15NO/c1-4-5-6-10-7-9(2)12-8-11(10)13-3/h5-8H,4H2,1-3H3/b6-5+. The Labute approximate surface area is 79.3 Å². The molecule has 0 spiro atoms. The van der Waals surface area contributed by atoms with Gasteiger partial charge in [-0.3, -0.25) is 4.98 Å². The Kier molecular flexibility index (Phi) is 3.50. The second kappa shape index (κ2) is 4.65. The summed E-state index contributed by atoms with van der Waals surface area (Å²) in [6.07, 6.45) is 6.96. The summed E-state index contributed by atoms with van der Waals surface area (Å²) in [5, 5.41) is 0. The Morgan fingerprint density at radius 3 is 2.92 bits per heavy atom. The van der Waals surface area contributed by atoms with Gasteiger partial charge in [0.2, 0.25) is 0 Å². The van der Waals surface area contributed by atoms with Crippen LogP contribution in [0.15, 0.2) is 18.3 Å². The van der Waals surface area contributed by atoms with Gasteiger partial charge in [-0.15, -0.1) is 0 Å². The minimum absolute atomic E-state index is 0.829. The van der Waals surface area contributed by atoms with E-state index in [1.165, 1.54) is 0 Å². The largest absolute Gasteiger partial charge is 0.495 e. The molecule has 0 saturated carbocycles. The van der Waals surface area contributed by atoms with Crippen LogP contribution in [-0.2, 0) is 0 Å². The van der Waals surface area contributed by atoms with Crippen LogP contribution in [0.1, 0.15) is 24.6 Å². The second-order valence-electron chi connectivity index (χ2n) is 2.88. The number of hydrogen-bond acceptors (Lipinski definition) is 2. The molecule has 2 nitrogen and oxygen atoms in total. The van der Waals surface area contributed by atoms with Gasteiger partial charge in [0.05, 0.1) is 13.3 Å². The van der Waals surface area contributed by atoms with E-state index in [0.717, 1.165) is 23.4 Å². The average Bonchev–Trinajstić information content (AvgIpc) is 2.15. The summed E-state index contributed by atoms with van der Waals surface area (Å²) in [5.74, 6) is 0.829. The molecule has 13 heavy (non-hydrogen) atoms. The highest BCUT2D eigenvalue weighted by Crippen LogP contribution is 2.19. The molecule has 0 aliphatic rings. The average molecular weight is 177 g/mol. The van der Waals surface area contributed by atoms with Crippen LogP contribution in [0.4, 0.5) is 0 Å². The fourth-order valence-corrected chi connectivity index (χ4v) is 1.11. The number of methoxy groups -OCH3 is 1. The van der Waals surface area contributed by atoms with Crippen molar-refractivity contribution in [2.45, 2.75) is 20.3 Å². The van der Waals surface area contributed by atoms with Crippen molar-refractivity contribution in [3.63, 3.8) is 0 Å². The Bertz CT molecular complexity index is 305. The van der Waals surface area contributed by atoms with E-state index in [0.29, 0.717) is 0 Å².